The van der Waals surface area contributed by atoms with Gasteiger partial charge in [-0.1, -0.05) is 24.6 Å². The van der Waals surface area contributed by atoms with Crippen molar-refractivity contribution in [1.29, 1.82) is 0 Å². The number of hydrogen-bond donors (Lipinski definition) is 1. The van der Waals surface area contributed by atoms with Crippen LogP contribution >= 0.6 is 0 Å². The molecule has 3 aliphatic heterocycles. The Kier molecular flexibility index (Phi) is 8.50. The third-order valence-electron chi connectivity index (χ3n) is 8.57. The number of likely N-dealkylation sites (tertiary alicyclic amines) is 1. The molecule has 2 atom stereocenters. The van der Waals surface area contributed by atoms with Crippen LogP contribution in [-0.2, 0) is 29.1 Å². The van der Waals surface area contributed by atoms with Crippen LogP contribution in [0.3, 0.4) is 0 Å². The molecule has 39 heavy (non-hydrogen) atoms. The van der Waals surface area contributed by atoms with Crippen molar-refractivity contribution in [1.82, 2.24) is 15.1 Å². The summed E-state index contributed by atoms with van der Waals surface area (Å²) in [5.41, 5.74) is 6.00. The van der Waals surface area contributed by atoms with E-state index in [1.807, 2.05) is 25.1 Å². The van der Waals surface area contributed by atoms with Crippen molar-refractivity contribution in [2.45, 2.75) is 77.5 Å². The molecule has 0 radical (unpaired) electrons. The maximum atomic E-state index is 13.0. The zero-order chi connectivity index (χ0) is 27.4. The smallest absolute Gasteiger partial charge is 0.254 e. The highest BCUT2D eigenvalue weighted by Gasteiger charge is 2.32. The zero-order valence-electron chi connectivity index (χ0n) is 23.2. The highest BCUT2D eigenvalue weighted by molar-refractivity contribution is 5.98. The van der Waals surface area contributed by atoms with Gasteiger partial charge in [0.15, 0.2) is 0 Å². The Morgan fingerprint density at radius 3 is 2.87 bits per heavy atom. The molecule has 1 saturated heterocycles. The van der Waals surface area contributed by atoms with Crippen molar-refractivity contribution < 1.29 is 19.1 Å². The molecule has 208 valence electrons. The second kappa shape index (κ2) is 12.2. The zero-order valence-corrected chi connectivity index (χ0v) is 23.2. The number of carbonyl (C=O) groups is 3. The number of benzene rings is 2. The van der Waals surface area contributed by atoms with Gasteiger partial charge in [-0.2, -0.15) is 0 Å². The summed E-state index contributed by atoms with van der Waals surface area (Å²) in [7, 11) is 0. The molecule has 5 rings (SSSR count). The molecule has 8 nitrogen and oxygen atoms in total. The lowest BCUT2D eigenvalue weighted by Gasteiger charge is -2.36. The van der Waals surface area contributed by atoms with Gasteiger partial charge in [-0.05, 0) is 81.0 Å². The number of hydrogen-bond acceptors (Lipinski definition) is 6. The molecule has 8 heteroatoms. The lowest BCUT2D eigenvalue weighted by atomic mass is 10.00. The van der Waals surface area contributed by atoms with E-state index in [1.165, 1.54) is 29.7 Å². The molecule has 0 spiro atoms. The minimum Gasteiger partial charge on any atom is -0.492 e. The van der Waals surface area contributed by atoms with Gasteiger partial charge in [0.2, 0.25) is 12.3 Å². The Morgan fingerprint density at radius 2 is 2.05 bits per heavy atom. The third kappa shape index (κ3) is 5.96. The van der Waals surface area contributed by atoms with Crippen molar-refractivity contribution in [3.05, 3.63) is 58.7 Å². The first-order valence-electron chi connectivity index (χ1n) is 14.4. The monoisotopic (exact) mass is 532 g/mol. The third-order valence-corrected chi connectivity index (χ3v) is 8.57. The number of nitrogens with one attached hydrogen (secondary N) is 1. The summed E-state index contributed by atoms with van der Waals surface area (Å²) in [6, 6.07) is 12.8. The van der Waals surface area contributed by atoms with Gasteiger partial charge < -0.3 is 14.5 Å². The van der Waals surface area contributed by atoms with Gasteiger partial charge in [0, 0.05) is 55.9 Å². The second-order valence-electron chi connectivity index (χ2n) is 11.0. The van der Waals surface area contributed by atoms with E-state index in [4.69, 9.17) is 4.74 Å². The Bertz CT molecular complexity index is 1220. The summed E-state index contributed by atoms with van der Waals surface area (Å²) in [4.78, 5) is 42.0. The maximum Gasteiger partial charge on any atom is 0.254 e. The number of rotatable bonds is 11. The van der Waals surface area contributed by atoms with Crippen molar-refractivity contribution in [3.63, 3.8) is 0 Å². The summed E-state index contributed by atoms with van der Waals surface area (Å²) in [5.74, 6) is 0.451. The van der Waals surface area contributed by atoms with Crippen LogP contribution in [-0.4, -0.2) is 66.3 Å². The van der Waals surface area contributed by atoms with Crippen molar-refractivity contribution in [2.24, 2.45) is 0 Å². The standard InChI is InChI=1S/C31H40N4O4/c1-3-33-16-14-23-7-6-8-24(30(23)33)18-34-15-5-4-9-26(34)20-39-27-11-12-28-25(17-27)19-35(31(28)38)22(2)10-13-29(37)32-21-36/h6-8,11-12,17,21-22,26H,3-5,9-10,13-16,18-20H2,1-2H3,(H,32,36,37). The molecular weight excluding hydrogens is 492 g/mol. The first-order chi connectivity index (χ1) is 19.0. The number of piperidine rings is 1. The number of fused-ring (bicyclic) bond motifs is 2. The fourth-order valence-electron chi connectivity index (χ4n) is 6.33. The molecule has 3 amide bonds. The molecule has 0 aliphatic carbocycles. The van der Waals surface area contributed by atoms with Crippen LogP contribution in [0, 0.1) is 0 Å². The van der Waals surface area contributed by atoms with Gasteiger partial charge in [0.1, 0.15) is 12.4 Å². The van der Waals surface area contributed by atoms with Crippen molar-refractivity contribution in [2.75, 3.05) is 31.1 Å². The fourth-order valence-corrected chi connectivity index (χ4v) is 6.33. The van der Waals surface area contributed by atoms with E-state index in [-0.39, 0.29) is 24.3 Å². The molecule has 3 aliphatic rings. The first-order valence-corrected chi connectivity index (χ1v) is 14.4. The van der Waals surface area contributed by atoms with Crippen LogP contribution < -0.4 is 15.0 Å². The molecule has 3 heterocycles. The summed E-state index contributed by atoms with van der Waals surface area (Å²) in [6.07, 6.45) is 5.79. The van der Waals surface area contributed by atoms with E-state index >= 15 is 0 Å². The normalized spacial score (nSPS) is 19.5. The highest BCUT2D eigenvalue weighted by Crippen LogP contribution is 2.34. The lowest BCUT2D eigenvalue weighted by Crippen LogP contribution is -2.42. The molecule has 0 aromatic heterocycles. The topological polar surface area (TPSA) is 82.2 Å². The lowest BCUT2D eigenvalue weighted by molar-refractivity contribution is -0.125. The number of likely N-dealkylation sites (N-methyl/N-ethyl adjacent to an activating group) is 1. The molecule has 0 saturated carbocycles. The van der Waals surface area contributed by atoms with Gasteiger partial charge in [-0.15, -0.1) is 0 Å². The first kappa shape index (κ1) is 27.2. The Morgan fingerprint density at radius 1 is 1.18 bits per heavy atom. The van der Waals surface area contributed by atoms with Crippen LogP contribution in [0.5, 0.6) is 5.75 Å². The minimum absolute atomic E-state index is 0.0187. The largest absolute Gasteiger partial charge is 0.492 e. The molecule has 1 fully saturated rings. The molecule has 2 aromatic rings. The number of nitrogens with zero attached hydrogens (tertiary/aromatic N) is 3. The average molecular weight is 533 g/mol. The highest BCUT2D eigenvalue weighted by atomic mass is 16.5. The van der Waals surface area contributed by atoms with Crippen molar-refractivity contribution in [3.8, 4) is 5.75 Å². The fraction of sp³-hybridized carbons (Fsp3) is 0.516. The quantitative estimate of drug-likeness (QED) is 0.442. The number of imide groups is 1. The summed E-state index contributed by atoms with van der Waals surface area (Å²) in [5, 5.41) is 2.16. The molecule has 2 aromatic carbocycles. The maximum absolute atomic E-state index is 13.0. The van der Waals surface area contributed by atoms with Crippen LogP contribution in [0.15, 0.2) is 36.4 Å². The van der Waals surface area contributed by atoms with Gasteiger partial charge in [0.25, 0.3) is 5.91 Å². The predicted molar refractivity (Wildman–Crippen MR) is 151 cm³/mol. The van der Waals surface area contributed by atoms with Crippen LogP contribution in [0.4, 0.5) is 5.69 Å². The van der Waals surface area contributed by atoms with Gasteiger partial charge in [-0.25, -0.2) is 0 Å². The number of amides is 3. The SMILES string of the molecule is CCN1CCc2cccc(CN3CCCCC3COc3ccc4c(c3)CN(C(C)CCC(=O)NC=O)C4=O)c21. The van der Waals surface area contributed by atoms with E-state index in [0.29, 0.717) is 37.6 Å². The minimum atomic E-state index is -0.326. The van der Waals surface area contributed by atoms with E-state index in [2.05, 4.69) is 40.2 Å². The molecule has 1 N–H and O–H groups in total. The Balaban J connectivity index is 1.20. The summed E-state index contributed by atoms with van der Waals surface area (Å²) >= 11 is 0. The second-order valence-corrected chi connectivity index (χ2v) is 11.0. The summed E-state index contributed by atoms with van der Waals surface area (Å²) in [6.45, 7) is 9.50. The van der Waals surface area contributed by atoms with E-state index < -0.39 is 0 Å². The molecule has 0 bridgehead atoms. The van der Waals surface area contributed by atoms with Gasteiger partial charge in [0.05, 0.1) is 0 Å². The summed E-state index contributed by atoms with van der Waals surface area (Å²) < 4.78 is 6.34. The van der Waals surface area contributed by atoms with E-state index in [0.717, 1.165) is 50.3 Å². The molecule has 2 unspecified atom stereocenters. The van der Waals surface area contributed by atoms with E-state index in [1.54, 1.807) is 4.90 Å². The predicted octanol–water partition coefficient (Wildman–Crippen LogP) is 3.90. The number of carbonyl (C=O) groups excluding carboxylic acids is 3. The molecular formula is C31H40N4O4. The average Bonchev–Trinajstić information content (AvgIpc) is 3.52. The van der Waals surface area contributed by atoms with Gasteiger partial charge in [-0.3, -0.25) is 24.6 Å². The van der Waals surface area contributed by atoms with E-state index in [9.17, 15) is 14.4 Å². The number of anilines is 1. The number of para-hydroxylation sites is 1. The number of ether oxygens (including phenoxy) is 1. The Hall–Kier alpha value is -3.39. The van der Waals surface area contributed by atoms with Crippen LogP contribution in [0.25, 0.3) is 0 Å². The van der Waals surface area contributed by atoms with Crippen LogP contribution in [0.1, 0.15) is 73.0 Å². The Labute approximate surface area is 231 Å². The van der Waals surface area contributed by atoms with Crippen LogP contribution in [0.2, 0.25) is 0 Å². The van der Waals surface area contributed by atoms with Crippen molar-refractivity contribution >= 4 is 23.9 Å². The van der Waals surface area contributed by atoms with Gasteiger partial charge >= 0.3 is 0 Å².